The first kappa shape index (κ1) is 48.8. The Labute approximate surface area is 429 Å². The maximum atomic E-state index is 2.71. The highest BCUT2D eigenvalue weighted by Gasteiger charge is 2.48. The van der Waals surface area contributed by atoms with E-state index in [9.17, 15) is 0 Å². The molecule has 0 unspecified atom stereocenters. The summed E-state index contributed by atoms with van der Waals surface area (Å²) in [5, 5.41) is 0. The minimum atomic E-state index is -0.0441. The Morgan fingerprint density at radius 1 is 0.408 bits per heavy atom. The summed E-state index contributed by atoms with van der Waals surface area (Å²) in [6.45, 7) is 42.6. The molecule has 3 heteroatoms. The van der Waals surface area contributed by atoms with Gasteiger partial charge >= 0.3 is 0 Å². The van der Waals surface area contributed by atoms with Gasteiger partial charge in [-0.1, -0.05) is 210 Å². The van der Waals surface area contributed by atoms with Gasteiger partial charge in [0, 0.05) is 34.0 Å². The number of hydrogen-bond acceptors (Lipinski definition) is 2. The van der Waals surface area contributed by atoms with Gasteiger partial charge < -0.3 is 9.80 Å². The van der Waals surface area contributed by atoms with Gasteiger partial charge in [0.05, 0.1) is 5.69 Å². The summed E-state index contributed by atoms with van der Waals surface area (Å²) >= 11 is 0. The average Bonchev–Trinajstić information content (AvgIpc) is 3.48. The molecular formula is C68H79BN2. The lowest BCUT2D eigenvalue weighted by Crippen LogP contribution is -2.61. The van der Waals surface area contributed by atoms with Crippen molar-refractivity contribution < 1.29 is 0 Å². The summed E-state index contributed by atoms with van der Waals surface area (Å²) in [6, 6.07) is 53.2. The van der Waals surface area contributed by atoms with E-state index in [-0.39, 0.29) is 39.2 Å². The molecule has 0 spiro atoms. The summed E-state index contributed by atoms with van der Waals surface area (Å²) in [4.78, 5) is 5.31. The van der Waals surface area contributed by atoms with Crippen LogP contribution in [-0.2, 0) is 32.5 Å². The van der Waals surface area contributed by atoms with E-state index in [0.717, 1.165) is 6.42 Å². The summed E-state index contributed by atoms with van der Waals surface area (Å²) < 4.78 is 0. The molecule has 0 aromatic heterocycles. The molecule has 364 valence electrons. The second-order valence-corrected chi connectivity index (χ2v) is 27.3. The van der Waals surface area contributed by atoms with Crippen LogP contribution in [0, 0.1) is 0 Å². The van der Waals surface area contributed by atoms with Gasteiger partial charge in [0.1, 0.15) is 0 Å². The van der Waals surface area contributed by atoms with E-state index in [4.69, 9.17) is 0 Å². The predicted octanol–water partition coefficient (Wildman–Crippen LogP) is 17.4. The van der Waals surface area contributed by atoms with Crippen LogP contribution in [0.5, 0.6) is 0 Å². The van der Waals surface area contributed by atoms with Crippen molar-refractivity contribution in [1.29, 1.82) is 0 Å². The van der Waals surface area contributed by atoms with Crippen LogP contribution in [0.1, 0.15) is 176 Å². The first-order valence-electron chi connectivity index (χ1n) is 26.6. The summed E-state index contributed by atoms with van der Waals surface area (Å²) in [5.74, 6) is 0.306. The first-order chi connectivity index (χ1) is 33.0. The van der Waals surface area contributed by atoms with Gasteiger partial charge in [0.2, 0.25) is 0 Å². The number of anilines is 6. The van der Waals surface area contributed by atoms with E-state index in [1.54, 1.807) is 0 Å². The van der Waals surface area contributed by atoms with Gasteiger partial charge in [-0.15, -0.1) is 0 Å². The number of hydrogen-bond donors (Lipinski definition) is 0. The van der Waals surface area contributed by atoms with Crippen molar-refractivity contribution in [1.82, 2.24) is 0 Å². The molecule has 10 rings (SSSR count). The van der Waals surface area contributed by atoms with Crippen LogP contribution in [0.3, 0.4) is 0 Å². The minimum absolute atomic E-state index is 0.0183. The molecule has 3 aliphatic rings. The molecule has 2 heterocycles. The van der Waals surface area contributed by atoms with Crippen LogP contribution in [0.15, 0.2) is 133 Å². The molecule has 0 amide bonds. The van der Waals surface area contributed by atoms with Crippen molar-refractivity contribution in [3.8, 4) is 22.3 Å². The Morgan fingerprint density at radius 3 is 1.35 bits per heavy atom. The highest BCUT2D eigenvalue weighted by Crippen LogP contribution is 2.54. The van der Waals surface area contributed by atoms with E-state index >= 15 is 0 Å². The molecule has 71 heavy (non-hydrogen) atoms. The van der Waals surface area contributed by atoms with Crippen molar-refractivity contribution in [2.75, 3.05) is 9.80 Å². The van der Waals surface area contributed by atoms with E-state index in [0.29, 0.717) is 5.92 Å². The zero-order valence-electron chi connectivity index (χ0n) is 46.5. The zero-order chi connectivity index (χ0) is 51.1. The summed E-state index contributed by atoms with van der Waals surface area (Å²) in [7, 11) is 0. The highest BCUT2D eigenvalue weighted by atomic mass is 15.2. The van der Waals surface area contributed by atoms with Crippen LogP contribution in [-0.4, -0.2) is 6.71 Å². The quantitative estimate of drug-likeness (QED) is 0.159. The largest absolute Gasteiger partial charge is 0.311 e. The second-order valence-electron chi connectivity index (χ2n) is 27.3. The van der Waals surface area contributed by atoms with Gasteiger partial charge in [0.15, 0.2) is 0 Å². The molecule has 1 aliphatic carbocycles. The Bertz CT molecular complexity index is 3210. The van der Waals surface area contributed by atoms with Crippen LogP contribution in [0.4, 0.5) is 34.1 Å². The molecule has 0 bridgehead atoms. The van der Waals surface area contributed by atoms with Gasteiger partial charge in [0.25, 0.3) is 6.71 Å². The molecule has 0 fully saturated rings. The molecule has 0 saturated carbocycles. The van der Waals surface area contributed by atoms with Crippen LogP contribution >= 0.6 is 0 Å². The number of benzene rings is 7. The van der Waals surface area contributed by atoms with Gasteiger partial charge in [-0.05, 0) is 165 Å². The third-order valence-corrected chi connectivity index (χ3v) is 16.5. The lowest BCUT2D eigenvalue weighted by atomic mass is 9.33. The Hall–Kier alpha value is -5.80. The number of fused-ring (bicyclic) bond motifs is 5. The zero-order valence-corrected chi connectivity index (χ0v) is 46.5. The van der Waals surface area contributed by atoms with Crippen molar-refractivity contribution in [2.45, 2.75) is 169 Å². The first-order valence-corrected chi connectivity index (χ1v) is 26.6. The fraction of sp³-hybridized carbons (Fsp3) is 0.382. The Morgan fingerprint density at radius 2 is 0.831 bits per heavy atom. The van der Waals surface area contributed by atoms with Gasteiger partial charge in [-0.25, -0.2) is 0 Å². The van der Waals surface area contributed by atoms with E-state index in [1.165, 1.54) is 112 Å². The lowest BCUT2D eigenvalue weighted by molar-refractivity contribution is 0.403. The molecule has 0 atom stereocenters. The molecule has 7 aromatic rings. The third kappa shape index (κ3) is 8.38. The van der Waals surface area contributed by atoms with Crippen molar-refractivity contribution in [3.05, 3.63) is 172 Å². The van der Waals surface area contributed by atoms with Gasteiger partial charge in [-0.2, -0.15) is 0 Å². The fourth-order valence-electron chi connectivity index (χ4n) is 12.4. The monoisotopic (exact) mass is 935 g/mol. The Balaban J connectivity index is 1.29. The molecular weight excluding hydrogens is 856 g/mol. The molecule has 0 N–H and O–H groups in total. The SMILES string of the molecule is CC(C)c1cc2c3c(c1)N(c1ccc(C(C)(C)C)cc1-c1ccc(-c4ccc(C(C)(C)C)cc4)cc1)c1cc4c(cc1B3c1cc(C(C)(C)C)ccc1N2c1ccc(C(C)(C)C)cc1)C(C)(C)CC4(C)C. The third-order valence-electron chi connectivity index (χ3n) is 16.5. The standard InChI is InChI=1S/C68H79BN2/c1-42(2)46-35-60-62-61(36-46)71(57-33-29-49(65(9,10)11)37-52(57)45-21-19-43(20-22-45)44-23-25-47(26-24-44)63(3,4)5)59-40-54-53(67(15,16)41-68(54,17)18)39-56(59)69(62)55-38-50(66(12,13)14)30-34-58(55)70(60)51-31-27-48(28-32-51)64(6,7)8/h19-40,42H,41H2,1-18H3. The van der Waals surface area contributed by atoms with Crippen molar-refractivity contribution in [3.63, 3.8) is 0 Å². The van der Waals surface area contributed by atoms with E-state index in [2.05, 4.69) is 268 Å². The predicted molar refractivity (Wildman–Crippen MR) is 311 cm³/mol. The number of nitrogens with zero attached hydrogens (tertiary/aromatic N) is 2. The molecule has 0 radical (unpaired) electrons. The number of rotatable bonds is 5. The average molecular weight is 935 g/mol. The topological polar surface area (TPSA) is 6.48 Å². The molecule has 2 aliphatic heterocycles. The molecule has 2 nitrogen and oxygen atoms in total. The maximum Gasteiger partial charge on any atom is 0.252 e. The van der Waals surface area contributed by atoms with E-state index < -0.39 is 0 Å². The minimum Gasteiger partial charge on any atom is -0.311 e. The Kier molecular flexibility index (Phi) is 11.2. The molecule has 0 saturated heterocycles. The van der Waals surface area contributed by atoms with Crippen LogP contribution in [0.2, 0.25) is 0 Å². The van der Waals surface area contributed by atoms with Crippen LogP contribution < -0.4 is 26.2 Å². The molecule has 7 aromatic carbocycles. The summed E-state index contributed by atoms with van der Waals surface area (Å²) in [5.41, 5.74) is 26.5. The summed E-state index contributed by atoms with van der Waals surface area (Å²) in [6.07, 6.45) is 1.11. The normalized spacial score (nSPS) is 16.0. The van der Waals surface area contributed by atoms with Gasteiger partial charge in [-0.3, -0.25) is 0 Å². The second kappa shape index (κ2) is 16.4. The fourth-order valence-corrected chi connectivity index (χ4v) is 12.4. The maximum absolute atomic E-state index is 2.71. The highest BCUT2D eigenvalue weighted by molar-refractivity contribution is 7.00. The van der Waals surface area contributed by atoms with E-state index in [1.807, 2.05) is 0 Å². The van der Waals surface area contributed by atoms with Crippen molar-refractivity contribution in [2.24, 2.45) is 0 Å². The lowest BCUT2D eigenvalue weighted by Gasteiger charge is -2.46. The smallest absolute Gasteiger partial charge is 0.252 e. The van der Waals surface area contributed by atoms with Crippen LogP contribution in [0.25, 0.3) is 22.3 Å². The van der Waals surface area contributed by atoms with Crippen molar-refractivity contribution >= 4 is 57.2 Å².